The summed E-state index contributed by atoms with van der Waals surface area (Å²) < 4.78 is 0. The third kappa shape index (κ3) is 3.15. The fraction of sp³-hybridized carbons (Fsp3) is 0.350. The van der Waals surface area contributed by atoms with Gasteiger partial charge in [-0.3, -0.25) is 9.97 Å². The zero-order chi connectivity index (χ0) is 16.4. The van der Waals surface area contributed by atoms with Crippen molar-refractivity contribution in [2.24, 2.45) is 0 Å². The molecule has 0 amide bonds. The number of rotatable bonds is 4. The summed E-state index contributed by atoms with van der Waals surface area (Å²) in [6.45, 7) is 4.74. The number of hydrogen-bond acceptors (Lipinski definition) is 4. The Kier molecular flexibility index (Phi) is 4.22. The molecule has 1 fully saturated rings. The Bertz CT molecular complexity index is 831. The topological polar surface area (TPSA) is 41.9 Å². The van der Waals surface area contributed by atoms with Gasteiger partial charge in [0.1, 0.15) is 5.69 Å². The molecule has 0 bridgehead atoms. The van der Waals surface area contributed by atoms with Crippen LogP contribution in [0.2, 0.25) is 0 Å². The molecule has 0 unspecified atom stereocenters. The molecular weight excluding hydrogens is 296 g/mol. The fourth-order valence-corrected chi connectivity index (χ4v) is 3.50. The molecule has 1 saturated heterocycles. The van der Waals surface area contributed by atoms with Crippen molar-refractivity contribution in [2.75, 3.05) is 13.1 Å². The van der Waals surface area contributed by atoms with Gasteiger partial charge in [0.05, 0.1) is 17.4 Å². The van der Waals surface area contributed by atoms with Crippen LogP contribution in [0.1, 0.15) is 25.3 Å². The third-order valence-electron chi connectivity index (χ3n) is 4.96. The molecule has 1 aliphatic heterocycles. The van der Waals surface area contributed by atoms with Gasteiger partial charge in [-0.1, -0.05) is 12.1 Å². The summed E-state index contributed by atoms with van der Waals surface area (Å²) in [4.78, 5) is 15.8. The van der Waals surface area contributed by atoms with Gasteiger partial charge in [-0.2, -0.15) is 0 Å². The second kappa shape index (κ2) is 6.65. The first kappa shape index (κ1) is 15.2. The van der Waals surface area contributed by atoms with Crippen molar-refractivity contribution in [2.45, 2.75) is 32.2 Å². The van der Waals surface area contributed by atoms with E-state index in [1.165, 1.54) is 30.3 Å². The molecule has 0 N–H and O–H groups in total. The molecule has 3 heterocycles. The number of pyridine rings is 1. The number of fused-ring (bicyclic) bond motifs is 1. The smallest absolute Gasteiger partial charge is 0.107 e. The van der Waals surface area contributed by atoms with Crippen molar-refractivity contribution in [3.63, 3.8) is 0 Å². The highest BCUT2D eigenvalue weighted by Gasteiger charge is 2.19. The Hall–Kier alpha value is -2.33. The number of aromatic nitrogens is 3. The van der Waals surface area contributed by atoms with E-state index in [4.69, 9.17) is 4.98 Å². The van der Waals surface area contributed by atoms with Crippen LogP contribution >= 0.6 is 0 Å². The van der Waals surface area contributed by atoms with Crippen LogP contribution in [-0.4, -0.2) is 39.0 Å². The minimum Gasteiger partial charge on any atom is -0.300 e. The second-order valence-corrected chi connectivity index (χ2v) is 6.59. The van der Waals surface area contributed by atoms with Gasteiger partial charge in [-0.25, -0.2) is 4.98 Å². The van der Waals surface area contributed by atoms with Crippen molar-refractivity contribution >= 4 is 10.9 Å². The number of benzene rings is 1. The van der Waals surface area contributed by atoms with Crippen molar-refractivity contribution in [1.82, 2.24) is 19.9 Å². The normalized spacial score (nSPS) is 18.3. The number of nitrogens with zero attached hydrogens (tertiary/aromatic N) is 4. The lowest BCUT2D eigenvalue weighted by atomic mass is 10.1. The summed E-state index contributed by atoms with van der Waals surface area (Å²) in [5.74, 6) is 0. The minimum absolute atomic E-state index is 0.738. The van der Waals surface area contributed by atoms with Gasteiger partial charge in [-0.05, 0) is 56.5 Å². The van der Waals surface area contributed by atoms with E-state index >= 15 is 0 Å². The van der Waals surface area contributed by atoms with Crippen LogP contribution in [0.3, 0.4) is 0 Å². The van der Waals surface area contributed by atoms with Crippen molar-refractivity contribution in [1.29, 1.82) is 0 Å². The maximum Gasteiger partial charge on any atom is 0.107 e. The first-order valence-electron chi connectivity index (χ1n) is 8.70. The highest BCUT2D eigenvalue weighted by Crippen LogP contribution is 2.21. The molecule has 0 saturated carbocycles. The predicted molar refractivity (Wildman–Crippen MR) is 96.7 cm³/mol. The van der Waals surface area contributed by atoms with Crippen LogP contribution in [0.15, 0.2) is 48.9 Å². The first-order valence-corrected chi connectivity index (χ1v) is 8.70. The predicted octanol–water partition coefficient (Wildman–Crippen LogP) is 3.72. The Labute approximate surface area is 142 Å². The maximum atomic E-state index is 4.72. The minimum atomic E-state index is 0.738. The van der Waals surface area contributed by atoms with E-state index in [-0.39, 0.29) is 0 Å². The molecule has 4 heteroatoms. The monoisotopic (exact) mass is 318 g/mol. The summed E-state index contributed by atoms with van der Waals surface area (Å²) in [6.07, 6.45) is 8.91. The lowest BCUT2D eigenvalue weighted by molar-refractivity contribution is 0.272. The zero-order valence-electron chi connectivity index (χ0n) is 14.0. The number of hydrogen-bond donors (Lipinski definition) is 0. The quantitative estimate of drug-likeness (QED) is 0.735. The van der Waals surface area contributed by atoms with E-state index in [9.17, 15) is 0 Å². The summed E-state index contributed by atoms with van der Waals surface area (Å²) in [5.41, 5.74) is 4.08. The summed E-state index contributed by atoms with van der Waals surface area (Å²) in [5, 5.41) is 1.19. The molecule has 4 rings (SSSR count). The molecule has 0 radical (unpaired) electrons. The fourth-order valence-electron chi connectivity index (χ4n) is 3.50. The SMILES string of the molecule is C[C@@H]1CCCN1CCc1ccc2nc(-c3cnccn3)ccc2c1. The van der Waals surface area contributed by atoms with E-state index < -0.39 is 0 Å². The van der Waals surface area contributed by atoms with Crippen LogP contribution in [0.4, 0.5) is 0 Å². The molecule has 3 aromatic rings. The van der Waals surface area contributed by atoms with Gasteiger partial charge < -0.3 is 4.90 Å². The Morgan fingerprint density at radius 3 is 2.88 bits per heavy atom. The maximum absolute atomic E-state index is 4.72. The lowest BCUT2D eigenvalue weighted by Crippen LogP contribution is -2.28. The third-order valence-corrected chi connectivity index (χ3v) is 4.96. The Morgan fingerprint density at radius 1 is 1.12 bits per heavy atom. The molecular formula is C20H22N4. The van der Waals surface area contributed by atoms with Gasteiger partial charge >= 0.3 is 0 Å². The van der Waals surface area contributed by atoms with Gasteiger partial charge in [0, 0.05) is 30.4 Å². The molecule has 122 valence electrons. The van der Waals surface area contributed by atoms with E-state index in [0.717, 1.165) is 35.9 Å². The molecule has 2 aromatic heterocycles. The first-order chi connectivity index (χ1) is 11.8. The largest absolute Gasteiger partial charge is 0.300 e. The molecule has 1 atom stereocenters. The van der Waals surface area contributed by atoms with Crippen LogP contribution in [-0.2, 0) is 6.42 Å². The summed E-state index contributed by atoms with van der Waals surface area (Å²) in [7, 11) is 0. The average Bonchev–Trinajstić information content (AvgIpc) is 3.05. The molecule has 24 heavy (non-hydrogen) atoms. The van der Waals surface area contributed by atoms with Crippen LogP contribution < -0.4 is 0 Å². The molecule has 1 aromatic carbocycles. The lowest BCUT2D eigenvalue weighted by Gasteiger charge is -2.20. The van der Waals surface area contributed by atoms with Gasteiger partial charge in [-0.15, -0.1) is 0 Å². The summed E-state index contributed by atoms with van der Waals surface area (Å²) >= 11 is 0. The van der Waals surface area contributed by atoms with E-state index in [2.05, 4.69) is 46.1 Å². The van der Waals surface area contributed by atoms with E-state index in [1.54, 1.807) is 18.6 Å². The van der Waals surface area contributed by atoms with Crippen molar-refractivity contribution in [3.8, 4) is 11.4 Å². The van der Waals surface area contributed by atoms with E-state index in [0.29, 0.717) is 0 Å². The Balaban J connectivity index is 1.53. The zero-order valence-corrected chi connectivity index (χ0v) is 14.0. The molecule has 4 nitrogen and oxygen atoms in total. The second-order valence-electron chi connectivity index (χ2n) is 6.59. The van der Waals surface area contributed by atoms with Gasteiger partial charge in [0.2, 0.25) is 0 Å². The van der Waals surface area contributed by atoms with Crippen LogP contribution in [0.25, 0.3) is 22.3 Å². The molecule has 0 aliphatic carbocycles. The van der Waals surface area contributed by atoms with Crippen molar-refractivity contribution < 1.29 is 0 Å². The highest BCUT2D eigenvalue weighted by atomic mass is 15.2. The van der Waals surface area contributed by atoms with Gasteiger partial charge in [0.25, 0.3) is 0 Å². The molecule has 1 aliphatic rings. The average molecular weight is 318 g/mol. The number of likely N-dealkylation sites (tertiary alicyclic amines) is 1. The Morgan fingerprint density at radius 2 is 2.08 bits per heavy atom. The standard InChI is InChI=1S/C20H22N4/c1-15-3-2-11-24(15)12-8-16-4-6-18-17(13-16)5-7-19(23-18)20-14-21-9-10-22-20/h4-7,9-10,13-15H,2-3,8,11-12H2,1H3/t15-/m1/s1. The van der Waals surface area contributed by atoms with E-state index in [1.807, 2.05) is 6.07 Å². The van der Waals surface area contributed by atoms with Gasteiger partial charge in [0.15, 0.2) is 0 Å². The van der Waals surface area contributed by atoms with Crippen LogP contribution in [0, 0.1) is 0 Å². The molecule has 0 spiro atoms. The van der Waals surface area contributed by atoms with Crippen molar-refractivity contribution in [3.05, 3.63) is 54.5 Å². The summed E-state index contributed by atoms with van der Waals surface area (Å²) in [6, 6.07) is 11.5. The van der Waals surface area contributed by atoms with Crippen LogP contribution in [0.5, 0.6) is 0 Å². The highest BCUT2D eigenvalue weighted by molar-refractivity contribution is 5.81.